The van der Waals surface area contributed by atoms with E-state index < -0.39 is 17.6 Å². The van der Waals surface area contributed by atoms with Gasteiger partial charge in [0.15, 0.2) is 0 Å². The van der Waals surface area contributed by atoms with E-state index in [9.17, 15) is 18.0 Å². The molecule has 4 nitrogen and oxygen atoms in total. The summed E-state index contributed by atoms with van der Waals surface area (Å²) in [5.41, 5.74) is -1.06. The zero-order chi connectivity index (χ0) is 19.3. The predicted molar refractivity (Wildman–Crippen MR) is 98.6 cm³/mol. The van der Waals surface area contributed by atoms with Crippen LogP contribution >= 0.6 is 11.3 Å². The standard InChI is InChI=1S/C19H21F3N2O2S/c20-19(21,22)16-7-1-2-8-17(16)23-18(25)13-24(11-14-5-3-9-26-14)12-15-6-4-10-27-15/h1-2,4,6-8,10,14H,3,5,9,11-13H2,(H,23,25)/t14-/m0/s1. The number of alkyl halides is 3. The van der Waals surface area contributed by atoms with Crippen molar-refractivity contribution in [3.8, 4) is 0 Å². The number of thiophene rings is 1. The second-order valence-electron chi connectivity index (χ2n) is 6.48. The molecule has 0 aliphatic carbocycles. The summed E-state index contributed by atoms with van der Waals surface area (Å²) in [5.74, 6) is -0.471. The van der Waals surface area contributed by atoms with Crippen molar-refractivity contribution >= 4 is 22.9 Å². The van der Waals surface area contributed by atoms with Crippen molar-refractivity contribution in [1.29, 1.82) is 0 Å². The van der Waals surface area contributed by atoms with Gasteiger partial charge >= 0.3 is 6.18 Å². The molecule has 1 N–H and O–H groups in total. The molecule has 27 heavy (non-hydrogen) atoms. The highest BCUT2D eigenvalue weighted by atomic mass is 32.1. The average Bonchev–Trinajstić information content (AvgIpc) is 3.28. The van der Waals surface area contributed by atoms with Crippen LogP contribution in [0.15, 0.2) is 41.8 Å². The van der Waals surface area contributed by atoms with E-state index in [1.807, 2.05) is 22.4 Å². The van der Waals surface area contributed by atoms with Gasteiger partial charge in [-0.2, -0.15) is 13.2 Å². The van der Waals surface area contributed by atoms with Gasteiger partial charge < -0.3 is 10.1 Å². The fourth-order valence-electron chi connectivity index (χ4n) is 3.12. The molecular formula is C19H21F3N2O2S. The van der Waals surface area contributed by atoms with Crippen LogP contribution < -0.4 is 5.32 Å². The molecule has 1 aromatic carbocycles. The normalized spacial score (nSPS) is 17.4. The van der Waals surface area contributed by atoms with Gasteiger partial charge in [0.2, 0.25) is 5.91 Å². The van der Waals surface area contributed by atoms with Crippen molar-refractivity contribution in [2.75, 3.05) is 25.0 Å². The van der Waals surface area contributed by atoms with Crippen LogP contribution in [0.1, 0.15) is 23.3 Å². The van der Waals surface area contributed by atoms with Gasteiger partial charge in [-0.05, 0) is 36.4 Å². The van der Waals surface area contributed by atoms with Crippen LogP contribution in [0.25, 0.3) is 0 Å². The van der Waals surface area contributed by atoms with Crippen LogP contribution in [-0.4, -0.2) is 36.6 Å². The average molecular weight is 398 g/mol. The molecule has 1 aliphatic rings. The minimum Gasteiger partial charge on any atom is -0.377 e. The molecule has 1 aromatic heterocycles. The van der Waals surface area contributed by atoms with E-state index in [0.29, 0.717) is 19.7 Å². The van der Waals surface area contributed by atoms with Crippen molar-refractivity contribution in [1.82, 2.24) is 4.90 Å². The van der Waals surface area contributed by atoms with Crippen molar-refractivity contribution in [3.63, 3.8) is 0 Å². The highest BCUT2D eigenvalue weighted by molar-refractivity contribution is 7.09. The van der Waals surface area contributed by atoms with E-state index >= 15 is 0 Å². The van der Waals surface area contributed by atoms with Gasteiger partial charge in [-0.3, -0.25) is 9.69 Å². The molecule has 0 bridgehead atoms. The summed E-state index contributed by atoms with van der Waals surface area (Å²) >= 11 is 1.58. The topological polar surface area (TPSA) is 41.6 Å². The lowest BCUT2D eigenvalue weighted by Gasteiger charge is -2.24. The quantitative estimate of drug-likeness (QED) is 0.752. The molecule has 1 aliphatic heterocycles. The first kappa shape index (κ1) is 19.9. The van der Waals surface area contributed by atoms with Crippen LogP contribution in [0.2, 0.25) is 0 Å². The van der Waals surface area contributed by atoms with E-state index in [4.69, 9.17) is 4.74 Å². The molecule has 2 heterocycles. The molecule has 1 saturated heterocycles. The Balaban J connectivity index is 1.67. The molecule has 0 radical (unpaired) electrons. The first-order valence-electron chi connectivity index (χ1n) is 8.74. The number of anilines is 1. The van der Waals surface area contributed by atoms with E-state index in [-0.39, 0.29) is 18.3 Å². The summed E-state index contributed by atoms with van der Waals surface area (Å²) in [6.07, 6.45) is -2.54. The van der Waals surface area contributed by atoms with Gasteiger partial charge in [0, 0.05) is 24.6 Å². The van der Waals surface area contributed by atoms with Gasteiger partial charge in [0.05, 0.1) is 23.9 Å². The van der Waals surface area contributed by atoms with Crippen LogP contribution in [0, 0.1) is 0 Å². The second kappa shape index (κ2) is 8.86. The number of nitrogens with one attached hydrogen (secondary N) is 1. The third kappa shape index (κ3) is 5.79. The Labute approximate surface area is 159 Å². The van der Waals surface area contributed by atoms with Crippen molar-refractivity contribution in [2.45, 2.75) is 31.7 Å². The van der Waals surface area contributed by atoms with Crippen molar-refractivity contribution < 1.29 is 22.7 Å². The van der Waals surface area contributed by atoms with E-state index in [1.54, 1.807) is 11.3 Å². The number of rotatable bonds is 7. The molecular weight excluding hydrogens is 377 g/mol. The number of benzene rings is 1. The summed E-state index contributed by atoms with van der Waals surface area (Å²) in [4.78, 5) is 15.5. The minimum atomic E-state index is -4.52. The lowest BCUT2D eigenvalue weighted by Crippen LogP contribution is -2.38. The number of hydrogen-bond acceptors (Lipinski definition) is 4. The number of para-hydroxylation sites is 1. The summed E-state index contributed by atoms with van der Waals surface area (Å²) in [6.45, 7) is 1.85. The Morgan fingerprint density at radius 3 is 2.74 bits per heavy atom. The molecule has 1 fully saturated rings. The number of carbonyl (C=O) groups excluding carboxylic acids is 1. The van der Waals surface area contributed by atoms with E-state index in [2.05, 4.69) is 5.32 Å². The zero-order valence-corrected chi connectivity index (χ0v) is 15.5. The first-order chi connectivity index (χ1) is 12.9. The largest absolute Gasteiger partial charge is 0.418 e. The molecule has 1 atom stereocenters. The van der Waals surface area contributed by atoms with Crippen LogP contribution in [0.4, 0.5) is 18.9 Å². The Hall–Kier alpha value is -1.90. The number of halogens is 3. The lowest BCUT2D eigenvalue weighted by atomic mass is 10.1. The Kier molecular flexibility index (Phi) is 6.51. The van der Waals surface area contributed by atoms with Crippen LogP contribution in [-0.2, 0) is 22.3 Å². The SMILES string of the molecule is O=C(CN(Cc1cccs1)C[C@@H]1CCCO1)Nc1ccccc1C(F)(F)F. The Bertz CT molecular complexity index is 744. The van der Waals surface area contributed by atoms with Gasteiger partial charge in [-0.1, -0.05) is 18.2 Å². The smallest absolute Gasteiger partial charge is 0.377 e. The number of carbonyl (C=O) groups is 1. The predicted octanol–water partition coefficient (Wildman–Crippen LogP) is 4.39. The summed E-state index contributed by atoms with van der Waals surface area (Å²) in [6, 6.07) is 8.92. The number of nitrogens with zero attached hydrogens (tertiary/aromatic N) is 1. The van der Waals surface area contributed by atoms with Gasteiger partial charge in [0.1, 0.15) is 0 Å². The maximum Gasteiger partial charge on any atom is 0.418 e. The fourth-order valence-corrected chi connectivity index (χ4v) is 3.86. The van der Waals surface area contributed by atoms with E-state index in [0.717, 1.165) is 23.8 Å². The highest BCUT2D eigenvalue weighted by Crippen LogP contribution is 2.34. The number of ether oxygens (including phenoxy) is 1. The Morgan fingerprint density at radius 2 is 2.07 bits per heavy atom. The summed E-state index contributed by atoms with van der Waals surface area (Å²) < 4.78 is 45.0. The molecule has 0 saturated carbocycles. The fraction of sp³-hybridized carbons (Fsp3) is 0.421. The maximum absolute atomic E-state index is 13.1. The van der Waals surface area contributed by atoms with Crippen LogP contribution in [0.5, 0.6) is 0 Å². The molecule has 0 spiro atoms. The van der Waals surface area contributed by atoms with Crippen molar-refractivity contribution in [2.24, 2.45) is 0 Å². The number of hydrogen-bond donors (Lipinski definition) is 1. The lowest BCUT2D eigenvalue weighted by molar-refractivity contribution is -0.137. The van der Waals surface area contributed by atoms with Gasteiger partial charge in [-0.25, -0.2) is 0 Å². The van der Waals surface area contributed by atoms with Crippen LogP contribution in [0.3, 0.4) is 0 Å². The minimum absolute atomic E-state index is 0.00392. The zero-order valence-electron chi connectivity index (χ0n) is 14.7. The molecule has 2 aromatic rings. The number of amides is 1. The molecule has 0 unspecified atom stereocenters. The highest BCUT2D eigenvalue weighted by Gasteiger charge is 2.33. The van der Waals surface area contributed by atoms with Crippen molar-refractivity contribution in [3.05, 3.63) is 52.2 Å². The molecule has 8 heteroatoms. The second-order valence-corrected chi connectivity index (χ2v) is 7.51. The summed E-state index contributed by atoms with van der Waals surface area (Å²) in [5, 5.41) is 4.37. The molecule has 1 amide bonds. The molecule has 3 rings (SSSR count). The maximum atomic E-state index is 13.1. The van der Waals surface area contributed by atoms with Gasteiger partial charge in [-0.15, -0.1) is 11.3 Å². The summed E-state index contributed by atoms with van der Waals surface area (Å²) in [7, 11) is 0. The third-order valence-corrected chi connectivity index (χ3v) is 5.18. The monoisotopic (exact) mass is 398 g/mol. The molecule has 146 valence electrons. The first-order valence-corrected chi connectivity index (χ1v) is 9.62. The Morgan fingerprint density at radius 1 is 1.26 bits per heavy atom. The van der Waals surface area contributed by atoms with E-state index in [1.165, 1.54) is 18.2 Å². The van der Waals surface area contributed by atoms with Gasteiger partial charge in [0.25, 0.3) is 0 Å². The third-order valence-electron chi connectivity index (χ3n) is 4.32.